The number of benzene rings is 1. The summed E-state index contributed by atoms with van der Waals surface area (Å²) in [5.74, 6) is -1.10. The van der Waals surface area contributed by atoms with E-state index in [0.717, 1.165) is 0 Å². The van der Waals surface area contributed by atoms with E-state index in [9.17, 15) is 14.0 Å². The lowest BCUT2D eigenvalue weighted by molar-refractivity contribution is -0.120. The van der Waals surface area contributed by atoms with Crippen LogP contribution in [-0.2, 0) is 9.59 Å². The SMILES string of the molecule is O=C(Cl)[C@@H]1CC(=O)N(c2cccc(F)c2)C1. The van der Waals surface area contributed by atoms with E-state index in [1.165, 1.54) is 23.1 Å². The van der Waals surface area contributed by atoms with Gasteiger partial charge in [-0.15, -0.1) is 0 Å². The molecule has 1 heterocycles. The second kappa shape index (κ2) is 4.22. The number of carbonyl (C=O) groups is 2. The molecule has 5 heteroatoms. The smallest absolute Gasteiger partial charge is 0.227 e. The van der Waals surface area contributed by atoms with Gasteiger partial charge >= 0.3 is 0 Å². The quantitative estimate of drug-likeness (QED) is 0.742. The molecule has 0 radical (unpaired) electrons. The number of carbonyl (C=O) groups excluding carboxylic acids is 2. The molecule has 0 bridgehead atoms. The van der Waals surface area contributed by atoms with Crippen LogP contribution in [0.4, 0.5) is 10.1 Å². The maximum atomic E-state index is 13.0. The van der Waals surface area contributed by atoms with Crippen molar-refractivity contribution in [2.75, 3.05) is 11.4 Å². The molecule has 1 aromatic carbocycles. The number of nitrogens with zero attached hydrogens (tertiary/aromatic N) is 1. The van der Waals surface area contributed by atoms with Crippen LogP contribution in [-0.4, -0.2) is 17.7 Å². The topological polar surface area (TPSA) is 37.4 Å². The van der Waals surface area contributed by atoms with Gasteiger partial charge in [0.1, 0.15) is 5.82 Å². The van der Waals surface area contributed by atoms with Gasteiger partial charge in [-0.2, -0.15) is 0 Å². The van der Waals surface area contributed by atoms with Crippen molar-refractivity contribution in [3.8, 4) is 0 Å². The Morgan fingerprint density at radius 2 is 2.25 bits per heavy atom. The molecule has 3 nitrogen and oxygen atoms in total. The standard InChI is InChI=1S/C11H9ClFNO2/c12-11(16)7-4-10(15)14(6-7)9-3-1-2-8(13)5-9/h1-3,5,7H,4,6H2/t7-/m1/s1. The van der Waals surface area contributed by atoms with Gasteiger partial charge in [0.25, 0.3) is 0 Å². The average Bonchev–Trinajstić information content (AvgIpc) is 2.60. The summed E-state index contributed by atoms with van der Waals surface area (Å²) in [7, 11) is 0. The van der Waals surface area contributed by atoms with E-state index < -0.39 is 17.0 Å². The lowest BCUT2D eigenvalue weighted by atomic mass is 10.1. The molecule has 0 unspecified atom stereocenters. The highest BCUT2D eigenvalue weighted by Gasteiger charge is 2.34. The molecule has 1 aliphatic heterocycles. The molecule has 0 aliphatic carbocycles. The Balaban J connectivity index is 2.23. The Kier molecular flexibility index (Phi) is 2.92. The molecule has 84 valence electrons. The molecule has 1 aliphatic rings. The van der Waals surface area contributed by atoms with Crippen molar-refractivity contribution in [3.05, 3.63) is 30.1 Å². The van der Waals surface area contributed by atoms with Crippen molar-refractivity contribution in [3.63, 3.8) is 0 Å². The second-order valence-electron chi connectivity index (χ2n) is 3.69. The zero-order valence-electron chi connectivity index (χ0n) is 8.32. The van der Waals surface area contributed by atoms with Crippen LogP contribution in [0.3, 0.4) is 0 Å². The van der Waals surface area contributed by atoms with Crippen LogP contribution < -0.4 is 4.90 Å². The summed E-state index contributed by atoms with van der Waals surface area (Å²) in [6, 6.07) is 5.71. The minimum atomic E-state index is -0.521. The number of hydrogen-bond donors (Lipinski definition) is 0. The molecule has 1 amide bonds. The predicted octanol–water partition coefficient (Wildman–Crippen LogP) is 1.94. The Hall–Kier alpha value is -1.42. The highest BCUT2D eigenvalue weighted by molar-refractivity contribution is 6.64. The number of rotatable bonds is 2. The summed E-state index contributed by atoms with van der Waals surface area (Å²) >= 11 is 5.34. The van der Waals surface area contributed by atoms with Crippen LogP contribution in [0, 0.1) is 11.7 Å². The average molecular weight is 242 g/mol. The van der Waals surface area contributed by atoms with Crippen LogP contribution in [0.15, 0.2) is 24.3 Å². The largest absolute Gasteiger partial charge is 0.312 e. The van der Waals surface area contributed by atoms with Gasteiger partial charge < -0.3 is 4.90 Å². The zero-order chi connectivity index (χ0) is 11.7. The highest BCUT2D eigenvalue weighted by atomic mass is 35.5. The van der Waals surface area contributed by atoms with E-state index in [1.54, 1.807) is 6.07 Å². The monoisotopic (exact) mass is 241 g/mol. The van der Waals surface area contributed by atoms with E-state index >= 15 is 0 Å². The first kappa shape index (κ1) is 11.1. The summed E-state index contributed by atoms with van der Waals surface area (Å²) in [6.45, 7) is 0.227. The maximum absolute atomic E-state index is 13.0. The number of anilines is 1. The molecule has 0 saturated carbocycles. The Morgan fingerprint density at radius 1 is 1.50 bits per heavy atom. The fourth-order valence-corrected chi connectivity index (χ4v) is 1.90. The van der Waals surface area contributed by atoms with Gasteiger partial charge in [-0.3, -0.25) is 9.59 Å². The molecule has 1 aromatic rings. The van der Waals surface area contributed by atoms with Crippen LogP contribution in [0.25, 0.3) is 0 Å². The van der Waals surface area contributed by atoms with Crippen molar-refractivity contribution in [1.82, 2.24) is 0 Å². The summed E-state index contributed by atoms with van der Waals surface area (Å²) in [5.41, 5.74) is 0.463. The fraction of sp³-hybridized carbons (Fsp3) is 0.273. The summed E-state index contributed by atoms with van der Waals surface area (Å²) < 4.78 is 13.0. The molecule has 0 N–H and O–H groups in total. The number of hydrogen-bond acceptors (Lipinski definition) is 2. The van der Waals surface area contributed by atoms with Crippen LogP contribution in [0.2, 0.25) is 0 Å². The van der Waals surface area contributed by atoms with Gasteiger partial charge in [0.2, 0.25) is 11.1 Å². The number of amides is 1. The molecule has 1 fully saturated rings. The molecule has 1 saturated heterocycles. The van der Waals surface area contributed by atoms with Gasteiger partial charge in [0.05, 0.1) is 5.92 Å². The van der Waals surface area contributed by atoms with E-state index in [1.807, 2.05) is 0 Å². The maximum Gasteiger partial charge on any atom is 0.227 e. The fourth-order valence-electron chi connectivity index (χ4n) is 1.75. The Labute approximate surface area is 96.8 Å². The van der Waals surface area contributed by atoms with Gasteiger partial charge in [-0.1, -0.05) is 6.07 Å². The van der Waals surface area contributed by atoms with Crippen LogP contribution >= 0.6 is 11.6 Å². The van der Waals surface area contributed by atoms with Crippen LogP contribution in [0.1, 0.15) is 6.42 Å². The second-order valence-corrected chi connectivity index (χ2v) is 4.06. The van der Waals surface area contributed by atoms with E-state index in [4.69, 9.17) is 11.6 Å². The first-order valence-electron chi connectivity index (χ1n) is 4.83. The highest BCUT2D eigenvalue weighted by Crippen LogP contribution is 2.26. The molecular formula is C11H9ClFNO2. The van der Waals surface area contributed by atoms with Crippen molar-refractivity contribution < 1.29 is 14.0 Å². The molecule has 1 atom stereocenters. The zero-order valence-corrected chi connectivity index (χ0v) is 9.08. The molecule has 0 aromatic heterocycles. The third kappa shape index (κ3) is 2.07. The minimum absolute atomic E-state index is 0.0961. The van der Waals surface area contributed by atoms with E-state index in [-0.39, 0.29) is 18.9 Å². The van der Waals surface area contributed by atoms with Gasteiger partial charge in [0, 0.05) is 18.7 Å². The minimum Gasteiger partial charge on any atom is -0.312 e. The Morgan fingerprint density at radius 3 is 2.81 bits per heavy atom. The van der Waals surface area contributed by atoms with Crippen molar-refractivity contribution in [2.45, 2.75) is 6.42 Å². The predicted molar refractivity (Wildman–Crippen MR) is 57.7 cm³/mol. The molecular weight excluding hydrogens is 233 g/mol. The van der Waals surface area contributed by atoms with Gasteiger partial charge in [-0.05, 0) is 29.8 Å². The first-order valence-corrected chi connectivity index (χ1v) is 5.21. The van der Waals surface area contributed by atoms with Crippen molar-refractivity contribution in [1.29, 1.82) is 0 Å². The van der Waals surface area contributed by atoms with Crippen LogP contribution in [0.5, 0.6) is 0 Å². The lowest BCUT2D eigenvalue weighted by Crippen LogP contribution is -2.25. The third-order valence-corrected chi connectivity index (χ3v) is 2.87. The Bertz CT molecular complexity index is 449. The first-order chi connectivity index (χ1) is 7.58. The number of halogens is 2. The summed E-state index contributed by atoms with van der Waals surface area (Å²) in [4.78, 5) is 23.9. The van der Waals surface area contributed by atoms with E-state index in [2.05, 4.69) is 0 Å². The third-order valence-electron chi connectivity index (χ3n) is 2.57. The molecule has 0 spiro atoms. The normalized spacial score (nSPS) is 20.2. The molecule has 16 heavy (non-hydrogen) atoms. The summed E-state index contributed by atoms with van der Waals surface area (Å²) in [5, 5.41) is -0.521. The molecule has 2 rings (SSSR count). The van der Waals surface area contributed by atoms with Crippen molar-refractivity contribution >= 4 is 28.4 Å². The lowest BCUT2D eigenvalue weighted by Gasteiger charge is -2.15. The van der Waals surface area contributed by atoms with Crippen molar-refractivity contribution in [2.24, 2.45) is 5.92 Å². The van der Waals surface area contributed by atoms with Gasteiger partial charge in [-0.25, -0.2) is 4.39 Å². The van der Waals surface area contributed by atoms with E-state index in [0.29, 0.717) is 5.69 Å². The summed E-state index contributed by atoms with van der Waals surface area (Å²) in [6.07, 6.45) is 0.0961. The van der Waals surface area contributed by atoms with Gasteiger partial charge in [0.15, 0.2) is 0 Å².